The fraction of sp³-hybridized carbons (Fsp3) is 0.154. The molecular weight excluding hydrogens is 444 g/mol. The van der Waals surface area contributed by atoms with Gasteiger partial charge in [-0.2, -0.15) is 0 Å². The lowest BCUT2D eigenvalue weighted by atomic mass is 10.0. The third kappa shape index (κ3) is 4.78. The topological polar surface area (TPSA) is 99.7 Å². The van der Waals surface area contributed by atoms with Gasteiger partial charge in [0.15, 0.2) is 5.82 Å². The molecule has 0 spiro atoms. The number of hydrogen-bond acceptors (Lipinski definition) is 6. The maximum atomic E-state index is 8.53. The van der Waals surface area contributed by atoms with Crippen LogP contribution in [-0.2, 0) is 6.42 Å². The van der Waals surface area contributed by atoms with Crippen molar-refractivity contribution < 1.29 is 4.42 Å². The van der Waals surface area contributed by atoms with Crippen LogP contribution in [0.2, 0.25) is 0 Å². The number of hydrogen-bond donors (Lipinski definition) is 1. The van der Waals surface area contributed by atoms with Gasteiger partial charge in [-0.25, -0.2) is 9.97 Å². The van der Waals surface area contributed by atoms with Crippen molar-refractivity contribution in [3.63, 3.8) is 0 Å². The van der Waals surface area contributed by atoms with Gasteiger partial charge in [0.25, 0.3) is 0 Å². The zero-order valence-corrected chi connectivity index (χ0v) is 19.4. The highest BCUT2D eigenvalue weighted by atomic mass is 32.1. The van der Waals surface area contributed by atoms with Gasteiger partial charge in [-0.05, 0) is 54.1 Å². The molecule has 0 aliphatic carbocycles. The van der Waals surface area contributed by atoms with E-state index in [1.54, 1.807) is 23.9 Å². The molecule has 0 bridgehead atoms. The summed E-state index contributed by atoms with van der Waals surface area (Å²) in [7, 11) is 0. The molecule has 0 saturated carbocycles. The van der Waals surface area contributed by atoms with E-state index in [1.165, 1.54) is 10.4 Å². The molecule has 0 amide bonds. The normalized spacial score (nSPS) is 10.9. The van der Waals surface area contributed by atoms with Crippen molar-refractivity contribution in [1.82, 2.24) is 9.97 Å². The van der Waals surface area contributed by atoms with Crippen molar-refractivity contribution in [2.75, 3.05) is 11.9 Å². The fourth-order valence-corrected chi connectivity index (χ4v) is 4.71. The maximum Gasteiger partial charge on any atom is 0.166 e. The largest absolute Gasteiger partial charge is 0.472 e. The minimum absolute atomic E-state index is 0.617. The van der Waals surface area contributed by atoms with Gasteiger partial charge in [0.05, 0.1) is 17.2 Å². The first-order chi connectivity index (χ1) is 16.7. The summed E-state index contributed by atoms with van der Waals surface area (Å²) in [6.45, 7) is 2.90. The summed E-state index contributed by atoms with van der Waals surface area (Å²) in [5.41, 5.74) is 13.5. The summed E-state index contributed by atoms with van der Waals surface area (Å²) in [6.07, 6.45) is 5.26. The number of nitrogens with zero attached hydrogens (tertiary/aromatic N) is 5. The van der Waals surface area contributed by atoms with E-state index < -0.39 is 0 Å². The number of benzene rings is 2. The molecule has 1 N–H and O–H groups in total. The third-order valence-electron chi connectivity index (χ3n) is 5.54. The quantitative estimate of drug-likeness (QED) is 0.109. The van der Waals surface area contributed by atoms with E-state index in [0.717, 1.165) is 52.1 Å². The van der Waals surface area contributed by atoms with E-state index in [0.29, 0.717) is 11.5 Å². The molecule has 34 heavy (non-hydrogen) atoms. The van der Waals surface area contributed by atoms with E-state index in [1.807, 2.05) is 30.3 Å². The van der Waals surface area contributed by atoms with Crippen LogP contribution < -0.4 is 5.32 Å². The SMILES string of the molecule is Cc1cc2c(NCCCc3ccc(-c4ccc(N=[N+]=[N-])cc4)cc3)nc(-c3ccoc3)nc2s1. The summed E-state index contributed by atoms with van der Waals surface area (Å²) in [5.74, 6) is 1.54. The zero-order valence-electron chi connectivity index (χ0n) is 18.6. The van der Waals surface area contributed by atoms with Crippen LogP contribution in [0.15, 0.2) is 82.7 Å². The predicted molar refractivity (Wildman–Crippen MR) is 137 cm³/mol. The number of furan rings is 1. The van der Waals surface area contributed by atoms with Crippen LogP contribution in [0.1, 0.15) is 16.9 Å². The molecule has 168 valence electrons. The number of aryl methyl sites for hydroxylation is 2. The average molecular weight is 467 g/mol. The molecule has 3 aromatic heterocycles. The van der Waals surface area contributed by atoms with Crippen molar-refractivity contribution in [3.05, 3.63) is 94.1 Å². The molecule has 7 nitrogen and oxygen atoms in total. The standard InChI is InChI=1S/C26H22N6OS/c1-17-15-23-25(29-24(30-26(23)34-17)21-12-14-33-16-21)28-13-2-3-18-4-6-19(7-5-18)20-8-10-22(11-9-20)31-32-27/h4-12,14-16H,2-3,13H2,1H3,(H,28,29,30). The number of anilines is 1. The first kappa shape index (κ1) is 21.7. The lowest BCUT2D eigenvalue weighted by molar-refractivity contribution is 0.568. The van der Waals surface area contributed by atoms with Crippen LogP contribution in [0, 0.1) is 6.92 Å². The smallest absolute Gasteiger partial charge is 0.166 e. The molecule has 0 aliphatic rings. The van der Waals surface area contributed by atoms with Gasteiger partial charge >= 0.3 is 0 Å². The Kier molecular flexibility index (Phi) is 6.25. The molecule has 0 atom stereocenters. The van der Waals surface area contributed by atoms with E-state index in [4.69, 9.17) is 19.9 Å². The summed E-state index contributed by atoms with van der Waals surface area (Å²) in [5, 5.41) is 8.20. The van der Waals surface area contributed by atoms with Crippen LogP contribution in [0.4, 0.5) is 11.5 Å². The number of azide groups is 1. The number of rotatable bonds is 8. The van der Waals surface area contributed by atoms with Crippen LogP contribution in [0.25, 0.3) is 43.2 Å². The molecule has 0 unspecified atom stereocenters. The van der Waals surface area contributed by atoms with E-state index in [9.17, 15) is 0 Å². The first-order valence-electron chi connectivity index (χ1n) is 11.0. The summed E-state index contributed by atoms with van der Waals surface area (Å²) in [6, 6.07) is 20.2. The monoisotopic (exact) mass is 466 g/mol. The second kappa shape index (κ2) is 9.79. The van der Waals surface area contributed by atoms with Gasteiger partial charge in [0.1, 0.15) is 16.9 Å². The Hall–Kier alpha value is -4.13. The Bertz CT molecular complexity index is 1450. The van der Waals surface area contributed by atoms with Gasteiger partial charge < -0.3 is 9.73 Å². The highest BCUT2D eigenvalue weighted by Gasteiger charge is 2.12. The van der Waals surface area contributed by atoms with Crippen LogP contribution >= 0.6 is 11.3 Å². The zero-order chi connectivity index (χ0) is 23.3. The Morgan fingerprint density at radius 3 is 2.47 bits per heavy atom. The highest BCUT2D eigenvalue weighted by molar-refractivity contribution is 7.18. The van der Waals surface area contributed by atoms with Crippen LogP contribution in [-0.4, -0.2) is 16.5 Å². The molecule has 0 fully saturated rings. The minimum Gasteiger partial charge on any atom is -0.472 e. The van der Waals surface area contributed by atoms with Gasteiger partial charge in [0.2, 0.25) is 0 Å². The fourth-order valence-electron chi connectivity index (χ4n) is 3.83. The molecule has 5 rings (SSSR count). The molecule has 2 aromatic carbocycles. The lowest BCUT2D eigenvalue weighted by Gasteiger charge is -2.09. The summed E-state index contributed by atoms with van der Waals surface area (Å²) < 4.78 is 5.21. The minimum atomic E-state index is 0.617. The Morgan fingerprint density at radius 2 is 1.76 bits per heavy atom. The first-order valence-corrected chi connectivity index (χ1v) is 11.8. The second-order valence-corrected chi connectivity index (χ2v) is 9.18. The number of fused-ring (bicyclic) bond motifs is 1. The molecule has 0 radical (unpaired) electrons. The Labute approximate surface area is 200 Å². The van der Waals surface area contributed by atoms with Crippen molar-refractivity contribution in [2.45, 2.75) is 19.8 Å². The number of thiophene rings is 1. The highest BCUT2D eigenvalue weighted by Crippen LogP contribution is 2.31. The van der Waals surface area contributed by atoms with Gasteiger partial charge in [-0.15, -0.1) is 11.3 Å². The molecule has 8 heteroatoms. The predicted octanol–water partition coefficient (Wildman–Crippen LogP) is 7.91. The third-order valence-corrected chi connectivity index (χ3v) is 6.49. The molecule has 0 saturated heterocycles. The summed E-state index contributed by atoms with van der Waals surface area (Å²) in [4.78, 5) is 14.5. The van der Waals surface area contributed by atoms with Gasteiger partial charge in [0, 0.05) is 22.0 Å². The van der Waals surface area contributed by atoms with Crippen molar-refractivity contribution in [3.8, 4) is 22.5 Å². The Morgan fingerprint density at radius 1 is 1.00 bits per heavy atom. The average Bonchev–Trinajstić information content (AvgIpc) is 3.52. The summed E-state index contributed by atoms with van der Waals surface area (Å²) >= 11 is 1.67. The second-order valence-electron chi connectivity index (χ2n) is 7.95. The van der Waals surface area contributed by atoms with Crippen molar-refractivity contribution in [1.29, 1.82) is 0 Å². The molecule has 3 heterocycles. The van der Waals surface area contributed by atoms with E-state index in [-0.39, 0.29) is 0 Å². The van der Waals surface area contributed by atoms with E-state index >= 15 is 0 Å². The lowest BCUT2D eigenvalue weighted by Crippen LogP contribution is -2.06. The van der Waals surface area contributed by atoms with Crippen LogP contribution in [0.5, 0.6) is 0 Å². The van der Waals surface area contributed by atoms with Gasteiger partial charge in [-0.1, -0.05) is 53.6 Å². The molecule has 0 aliphatic heterocycles. The molecule has 5 aromatic rings. The van der Waals surface area contributed by atoms with E-state index in [2.05, 4.69) is 52.6 Å². The number of nitrogens with one attached hydrogen (secondary N) is 1. The Balaban J connectivity index is 1.22. The number of aromatic nitrogens is 2. The molecular formula is C26H22N6OS. The maximum absolute atomic E-state index is 8.53. The van der Waals surface area contributed by atoms with Gasteiger partial charge in [-0.3, -0.25) is 0 Å². The van der Waals surface area contributed by atoms with Crippen molar-refractivity contribution >= 4 is 33.1 Å². The van der Waals surface area contributed by atoms with Crippen molar-refractivity contribution in [2.24, 2.45) is 5.11 Å². The van der Waals surface area contributed by atoms with Crippen LogP contribution in [0.3, 0.4) is 0 Å².